The largest absolute Gasteiger partial charge is 0.365 e. The maximum atomic E-state index is 14.5. The van der Waals surface area contributed by atoms with Gasteiger partial charge in [0.1, 0.15) is 17.5 Å². The summed E-state index contributed by atoms with van der Waals surface area (Å²) in [6.07, 6.45) is 0.0434. The lowest BCUT2D eigenvalue weighted by atomic mass is 10.0. The minimum Gasteiger partial charge on any atom is -0.365 e. The van der Waals surface area contributed by atoms with E-state index < -0.39 is 23.6 Å². The summed E-state index contributed by atoms with van der Waals surface area (Å²) >= 11 is 0. The molecule has 1 aromatic carbocycles. The van der Waals surface area contributed by atoms with Gasteiger partial charge < -0.3 is 14.8 Å². The van der Waals surface area contributed by atoms with E-state index in [1.54, 1.807) is 6.92 Å². The highest BCUT2D eigenvalue weighted by Crippen LogP contribution is 2.33. The number of ether oxygens (including phenoxy) is 2. The van der Waals surface area contributed by atoms with Crippen molar-refractivity contribution in [3.8, 4) is 0 Å². The van der Waals surface area contributed by atoms with E-state index in [-0.39, 0.29) is 12.1 Å². The molecule has 0 amide bonds. The molecule has 27 heavy (non-hydrogen) atoms. The van der Waals surface area contributed by atoms with Crippen LogP contribution in [0.2, 0.25) is 0 Å². The minimum atomic E-state index is -3.25. The first-order valence-corrected chi connectivity index (χ1v) is 8.81. The van der Waals surface area contributed by atoms with E-state index in [1.165, 1.54) is 12.1 Å². The van der Waals surface area contributed by atoms with Crippen LogP contribution in [0.1, 0.15) is 48.3 Å². The Bertz CT molecular complexity index is 819. The van der Waals surface area contributed by atoms with Crippen LogP contribution in [-0.4, -0.2) is 23.2 Å². The van der Waals surface area contributed by atoms with Gasteiger partial charge in [-0.3, -0.25) is 0 Å². The fraction of sp³-hybridized carbons (Fsp3) is 0.474. The van der Waals surface area contributed by atoms with E-state index >= 15 is 0 Å². The van der Waals surface area contributed by atoms with Gasteiger partial charge in [-0.2, -0.15) is 0 Å². The average molecular weight is 381 g/mol. The summed E-state index contributed by atoms with van der Waals surface area (Å²) in [5.41, 5.74) is 0.935. The number of hydrogen-bond donors (Lipinski definition) is 1. The molecule has 5 nitrogen and oxygen atoms in total. The third-order valence-electron chi connectivity index (χ3n) is 4.33. The van der Waals surface area contributed by atoms with Crippen LogP contribution in [0.25, 0.3) is 0 Å². The van der Waals surface area contributed by atoms with Gasteiger partial charge in [0.15, 0.2) is 6.29 Å². The van der Waals surface area contributed by atoms with Crippen LogP contribution in [0.3, 0.4) is 0 Å². The molecule has 3 rings (SSSR count). The molecule has 0 atom stereocenters. The Hall–Kier alpha value is -2.19. The van der Waals surface area contributed by atoms with Crippen LogP contribution in [0.4, 0.5) is 19.0 Å². The Balaban J connectivity index is 1.91. The molecule has 0 saturated carbocycles. The Morgan fingerprint density at radius 3 is 2.56 bits per heavy atom. The summed E-state index contributed by atoms with van der Waals surface area (Å²) in [5.74, 6) is -3.17. The first kappa shape index (κ1) is 19.6. The van der Waals surface area contributed by atoms with Crippen LogP contribution in [0, 0.1) is 12.7 Å². The van der Waals surface area contributed by atoms with E-state index in [0.717, 1.165) is 11.8 Å². The Morgan fingerprint density at radius 2 is 1.93 bits per heavy atom. The number of alkyl halides is 2. The van der Waals surface area contributed by atoms with Crippen LogP contribution in [-0.2, 0) is 28.4 Å². The normalized spacial score (nSPS) is 15.3. The Morgan fingerprint density at radius 1 is 1.22 bits per heavy atom. The highest BCUT2D eigenvalue weighted by Gasteiger charge is 2.30. The number of benzene rings is 1. The predicted molar refractivity (Wildman–Crippen MR) is 94.1 cm³/mol. The molecule has 2 aromatic rings. The zero-order valence-corrected chi connectivity index (χ0v) is 15.5. The minimum absolute atomic E-state index is 0.00488. The fourth-order valence-corrected chi connectivity index (χ4v) is 3.05. The lowest BCUT2D eigenvalue weighted by Crippen LogP contribution is -2.16. The van der Waals surface area contributed by atoms with Crippen molar-refractivity contribution in [2.24, 2.45) is 0 Å². The second kappa shape index (κ2) is 7.82. The zero-order valence-electron chi connectivity index (χ0n) is 15.5. The third kappa shape index (κ3) is 4.22. The van der Waals surface area contributed by atoms with Gasteiger partial charge in [0.05, 0.1) is 30.0 Å². The number of rotatable bonds is 6. The Labute approximate surface area is 155 Å². The summed E-state index contributed by atoms with van der Waals surface area (Å²) in [5, 5.41) is 3.05. The molecule has 1 aromatic heterocycles. The number of anilines is 1. The van der Waals surface area contributed by atoms with E-state index in [2.05, 4.69) is 15.3 Å². The molecule has 1 aliphatic heterocycles. The number of aromatic nitrogens is 2. The number of nitrogens with one attached hydrogen (secondary N) is 1. The molecular weight excluding hydrogens is 359 g/mol. The van der Waals surface area contributed by atoms with Crippen molar-refractivity contribution in [2.75, 3.05) is 18.5 Å². The second-order valence-electron chi connectivity index (χ2n) is 6.43. The number of nitrogens with zero attached hydrogens (tertiary/aromatic N) is 2. The maximum absolute atomic E-state index is 14.5. The predicted octanol–water partition coefficient (Wildman–Crippen LogP) is 4.26. The fourth-order valence-electron chi connectivity index (χ4n) is 3.05. The molecule has 0 spiro atoms. The summed E-state index contributed by atoms with van der Waals surface area (Å²) in [6.45, 7) is 5.30. The standard InChI is InChI=1S/C19H22F3N3O2/c1-4-14-15(18-26-8-9-27-18)17(25-11(2)24-14)23-10-12-6-5-7-13(16(12)20)19(3,21)22/h5-7,18H,4,8-10H2,1-3H3,(H,23,24,25). The SMILES string of the molecule is CCc1nc(C)nc(NCc2cccc(C(C)(F)F)c2F)c1C1OCCO1. The van der Waals surface area contributed by atoms with Crippen molar-refractivity contribution in [3.05, 3.63) is 52.2 Å². The summed E-state index contributed by atoms with van der Waals surface area (Å²) in [7, 11) is 0. The second-order valence-corrected chi connectivity index (χ2v) is 6.43. The van der Waals surface area contributed by atoms with Crippen molar-refractivity contribution in [2.45, 2.75) is 45.9 Å². The van der Waals surface area contributed by atoms with E-state index in [4.69, 9.17) is 9.47 Å². The van der Waals surface area contributed by atoms with Gasteiger partial charge in [-0.25, -0.2) is 23.1 Å². The topological polar surface area (TPSA) is 56.3 Å². The van der Waals surface area contributed by atoms with Crippen molar-refractivity contribution < 1.29 is 22.6 Å². The van der Waals surface area contributed by atoms with Gasteiger partial charge in [-0.1, -0.05) is 25.1 Å². The first-order valence-electron chi connectivity index (χ1n) is 8.81. The molecule has 8 heteroatoms. The molecule has 1 fully saturated rings. The van der Waals surface area contributed by atoms with Crippen molar-refractivity contribution >= 4 is 5.82 Å². The quantitative estimate of drug-likeness (QED) is 0.811. The Kier molecular flexibility index (Phi) is 5.67. The van der Waals surface area contributed by atoms with Gasteiger partial charge in [0.25, 0.3) is 5.92 Å². The van der Waals surface area contributed by atoms with Gasteiger partial charge >= 0.3 is 0 Å². The molecule has 1 saturated heterocycles. The van der Waals surface area contributed by atoms with Crippen LogP contribution >= 0.6 is 0 Å². The van der Waals surface area contributed by atoms with Crippen LogP contribution < -0.4 is 5.32 Å². The number of halogens is 3. The summed E-state index contributed by atoms with van der Waals surface area (Å²) < 4.78 is 52.8. The van der Waals surface area contributed by atoms with E-state index in [0.29, 0.717) is 43.8 Å². The number of hydrogen-bond acceptors (Lipinski definition) is 5. The zero-order chi connectivity index (χ0) is 19.6. The summed E-state index contributed by atoms with van der Waals surface area (Å²) in [6, 6.07) is 3.97. The first-order chi connectivity index (χ1) is 12.8. The highest BCUT2D eigenvalue weighted by atomic mass is 19.3. The lowest BCUT2D eigenvalue weighted by molar-refractivity contribution is -0.0446. The molecular formula is C19H22F3N3O2. The molecule has 146 valence electrons. The highest BCUT2D eigenvalue weighted by molar-refractivity contribution is 5.48. The van der Waals surface area contributed by atoms with Gasteiger partial charge in [-0.15, -0.1) is 0 Å². The molecule has 1 N–H and O–H groups in total. The number of aryl methyl sites for hydroxylation is 2. The lowest BCUT2D eigenvalue weighted by Gasteiger charge is -2.19. The molecule has 1 aliphatic rings. The smallest absolute Gasteiger partial charge is 0.273 e. The average Bonchev–Trinajstić information content (AvgIpc) is 3.13. The van der Waals surface area contributed by atoms with E-state index in [1.807, 2.05) is 6.92 Å². The van der Waals surface area contributed by atoms with Gasteiger partial charge in [0, 0.05) is 19.0 Å². The van der Waals surface area contributed by atoms with Crippen molar-refractivity contribution in [3.63, 3.8) is 0 Å². The molecule has 0 bridgehead atoms. The van der Waals surface area contributed by atoms with Gasteiger partial charge in [0.2, 0.25) is 0 Å². The third-order valence-corrected chi connectivity index (χ3v) is 4.33. The van der Waals surface area contributed by atoms with Crippen LogP contribution in [0.15, 0.2) is 18.2 Å². The monoisotopic (exact) mass is 381 g/mol. The van der Waals surface area contributed by atoms with Crippen molar-refractivity contribution in [1.82, 2.24) is 9.97 Å². The maximum Gasteiger partial charge on any atom is 0.273 e. The van der Waals surface area contributed by atoms with E-state index in [9.17, 15) is 13.2 Å². The molecule has 2 heterocycles. The molecule has 0 unspecified atom stereocenters. The summed E-state index contributed by atoms with van der Waals surface area (Å²) in [4.78, 5) is 8.82. The van der Waals surface area contributed by atoms with Gasteiger partial charge in [-0.05, 0) is 13.3 Å². The molecule has 0 radical (unpaired) electrons. The van der Waals surface area contributed by atoms with Crippen LogP contribution in [0.5, 0.6) is 0 Å². The van der Waals surface area contributed by atoms with Crippen molar-refractivity contribution in [1.29, 1.82) is 0 Å². The molecule has 0 aliphatic carbocycles.